The van der Waals surface area contributed by atoms with Crippen molar-refractivity contribution in [3.63, 3.8) is 0 Å². The first-order chi connectivity index (χ1) is 7.97. The predicted octanol–water partition coefficient (Wildman–Crippen LogP) is 2.53. The molecule has 5 heteroatoms. The van der Waals surface area contributed by atoms with Crippen LogP contribution in [0.1, 0.15) is 38.5 Å². The van der Waals surface area contributed by atoms with Gasteiger partial charge in [-0.25, -0.2) is 0 Å². The third kappa shape index (κ3) is 3.35. The molecular weight excluding hydrogens is 229 g/mol. The van der Waals surface area contributed by atoms with Crippen LogP contribution in [-0.4, -0.2) is 36.2 Å². The number of hydrogen-bond acceptors (Lipinski definition) is 2. The first-order valence-electron chi connectivity index (χ1n) is 6.53. The Morgan fingerprint density at radius 2 is 1.82 bits per heavy atom. The van der Waals surface area contributed by atoms with Crippen LogP contribution in [0.3, 0.4) is 0 Å². The second kappa shape index (κ2) is 5.14. The smallest absolute Gasteiger partial charge is 0.327 e. The highest BCUT2D eigenvalue weighted by atomic mass is 19.4. The molecule has 0 aromatic rings. The fourth-order valence-electron chi connectivity index (χ4n) is 3.16. The molecule has 2 fully saturated rings. The fraction of sp³-hybridized carbons (Fsp3) is 1.00. The van der Waals surface area contributed by atoms with E-state index in [0.717, 1.165) is 32.4 Å². The number of hydrogen-bond donors (Lipinski definition) is 1. The molecule has 0 bridgehead atoms. The van der Waals surface area contributed by atoms with E-state index in [2.05, 4.69) is 4.90 Å². The predicted molar refractivity (Wildman–Crippen MR) is 60.6 cm³/mol. The summed E-state index contributed by atoms with van der Waals surface area (Å²) in [5.74, 6) is -1.10. The van der Waals surface area contributed by atoms with Crippen LogP contribution in [0.15, 0.2) is 0 Å². The Hall–Kier alpha value is -0.290. The van der Waals surface area contributed by atoms with Crippen molar-refractivity contribution in [1.82, 2.24) is 4.90 Å². The third-order valence-corrected chi connectivity index (χ3v) is 4.12. The van der Waals surface area contributed by atoms with Gasteiger partial charge in [0.25, 0.3) is 0 Å². The quantitative estimate of drug-likeness (QED) is 0.775. The van der Waals surface area contributed by atoms with Crippen LogP contribution >= 0.6 is 0 Å². The Morgan fingerprint density at radius 3 is 2.47 bits per heavy atom. The minimum absolute atomic E-state index is 0.0988. The molecule has 0 spiro atoms. The Kier molecular flexibility index (Phi) is 3.98. The lowest BCUT2D eigenvalue weighted by Gasteiger charge is -2.41. The summed E-state index contributed by atoms with van der Waals surface area (Å²) in [4.78, 5) is 2.19. The summed E-state index contributed by atoms with van der Waals surface area (Å²) >= 11 is 0. The van der Waals surface area contributed by atoms with Crippen molar-refractivity contribution in [2.24, 2.45) is 11.7 Å². The largest absolute Gasteiger partial charge is 0.391 e. The maximum Gasteiger partial charge on any atom is 0.391 e. The van der Waals surface area contributed by atoms with Gasteiger partial charge in [-0.15, -0.1) is 0 Å². The van der Waals surface area contributed by atoms with Gasteiger partial charge in [0.2, 0.25) is 0 Å². The Bertz CT molecular complexity index is 255. The molecule has 1 aliphatic heterocycles. The summed E-state index contributed by atoms with van der Waals surface area (Å²) in [6.07, 6.45) is 0.187. The van der Waals surface area contributed by atoms with Crippen molar-refractivity contribution >= 4 is 0 Å². The zero-order chi connectivity index (χ0) is 12.5. The standard InChI is InChI=1S/C12H21F3N2/c13-12(14,15)9-3-1-5-11(7-9)17-6-2-4-10(16)8-17/h9-11H,1-8,16H2. The minimum Gasteiger partial charge on any atom is -0.327 e. The second-order valence-corrected chi connectivity index (χ2v) is 5.46. The van der Waals surface area contributed by atoms with Crippen LogP contribution < -0.4 is 5.73 Å². The first kappa shape index (κ1) is 13.1. The summed E-state index contributed by atoms with van der Waals surface area (Å²) in [7, 11) is 0. The average molecular weight is 250 g/mol. The monoisotopic (exact) mass is 250 g/mol. The van der Waals surface area contributed by atoms with Gasteiger partial charge in [-0.3, -0.25) is 4.90 Å². The van der Waals surface area contributed by atoms with Crippen molar-refractivity contribution in [1.29, 1.82) is 0 Å². The van der Waals surface area contributed by atoms with Gasteiger partial charge in [0.05, 0.1) is 5.92 Å². The number of alkyl halides is 3. The van der Waals surface area contributed by atoms with E-state index in [1.165, 1.54) is 0 Å². The third-order valence-electron chi connectivity index (χ3n) is 4.12. The summed E-state index contributed by atoms with van der Waals surface area (Å²) in [5, 5.41) is 0. The molecule has 17 heavy (non-hydrogen) atoms. The maximum atomic E-state index is 12.7. The van der Waals surface area contributed by atoms with E-state index in [-0.39, 0.29) is 18.5 Å². The fourth-order valence-corrected chi connectivity index (χ4v) is 3.16. The van der Waals surface area contributed by atoms with Crippen LogP contribution in [-0.2, 0) is 0 Å². The number of piperidine rings is 1. The van der Waals surface area contributed by atoms with Crippen LogP contribution in [0.2, 0.25) is 0 Å². The summed E-state index contributed by atoms with van der Waals surface area (Å²) < 4.78 is 38.1. The highest BCUT2D eigenvalue weighted by Gasteiger charge is 2.43. The van der Waals surface area contributed by atoms with E-state index < -0.39 is 12.1 Å². The highest BCUT2D eigenvalue weighted by Crippen LogP contribution is 2.39. The van der Waals surface area contributed by atoms with Gasteiger partial charge in [0.1, 0.15) is 0 Å². The summed E-state index contributed by atoms with van der Waals surface area (Å²) in [5.41, 5.74) is 5.89. The lowest BCUT2D eigenvalue weighted by atomic mass is 9.83. The van der Waals surface area contributed by atoms with Gasteiger partial charge in [0.15, 0.2) is 0 Å². The van der Waals surface area contributed by atoms with Crippen molar-refractivity contribution in [2.45, 2.75) is 56.8 Å². The molecule has 0 aromatic carbocycles. The molecule has 1 saturated heterocycles. The van der Waals surface area contributed by atoms with Crippen LogP contribution in [0, 0.1) is 5.92 Å². The Morgan fingerprint density at radius 1 is 1.06 bits per heavy atom. The molecular formula is C12H21F3N2. The molecule has 3 atom stereocenters. The molecule has 0 aromatic heterocycles. The van der Waals surface area contributed by atoms with Gasteiger partial charge in [-0.05, 0) is 38.6 Å². The Balaban J connectivity index is 1.92. The molecule has 1 saturated carbocycles. The molecule has 0 amide bonds. The molecule has 3 unspecified atom stereocenters. The van der Waals surface area contributed by atoms with Crippen molar-refractivity contribution < 1.29 is 13.2 Å². The van der Waals surface area contributed by atoms with Crippen LogP contribution in [0.4, 0.5) is 13.2 Å². The highest BCUT2D eigenvalue weighted by molar-refractivity contribution is 4.87. The van der Waals surface area contributed by atoms with Crippen LogP contribution in [0.5, 0.6) is 0 Å². The summed E-state index contributed by atoms with van der Waals surface area (Å²) in [6.45, 7) is 1.69. The van der Waals surface area contributed by atoms with Gasteiger partial charge in [0, 0.05) is 18.6 Å². The van der Waals surface area contributed by atoms with E-state index >= 15 is 0 Å². The molecule has 2 nitrogen and oxygen atoms in total. The maximum absolute atomic E-state index is 12.7. The van der Waals surface area contributed by atoms with E-state index in [1.54, 1.807) is 0 Å². The lowest BCUT2D eigenvalue weighted by molar-refractivity contribution is -0.187. The molecule has 1 aliphatic carbocycles. The van der Waals surface area contributed by atoms with Crippen molar-refractivity contribution in [3.05, 3.63) is 0 Å². The number of halogens is 3. The number of nitrogens with zero attached hydrogens (tertiary/aromatic N) is 1. The Labute approximate surface area is 100 Å². The molecule has 2 aliphatic rings. The van der Waals surface area contributed by atoms with E-state index in [9.17, 15) is 13.2 Å². The number of nitrogens with two attached hydrogens (primary N) is 1. The van der Waals surface area contributed by atoms with Gasteiger partial charge < -0.3 is 5.73 Å². The lowest BCUT2D eigenvalue weighted by Crippen LogP contribution is -2.50. The molecule has 2 rings (SSSR count). The van der Waals surface area contributed by atoms with Crippen LogP contribution in [0.25, 0.3) is 0 Å². The molecule has 1 heterocycles. The normalized spacial score (nSPS) is 37.1. The topological polar surface area (TPSA) is 29.3 Å². The van der Waals surface area contributed by atoms with E-state index in [0.29, 0.717) is 12.8 Å². The van der Waals surface area contributed by atoms with Gasteiger partial charge in [-0.2, -0.15) is 13.2 Å². The zero-order valence-electron chi connectivity index (χ0n) is 10.0. The average Bonchev–Trinajstić information content (AvgIpc) is 2.28. The SMILES string of the molecule is NC1CCCN(C2CCCC(C(F)(F)F)C2)C1. The molecule has 100 valence electrons. The van der Waals surface area contributed by atoms with Gasteiger partial charge in [-0.1, -0.05) is 6.42 Å². The molecule has 0 radical (unpaired) electrons. The van der Waals surface area contributed by atoms with E-state index in [4.69, 9.17) is 5.73 Å². The second-order valence-electron chi connectivity index (χ2n) is 5.46. The minimum atomic E-state index is -4.02. The van der Waals surface area contributed by atoms with Crippen molar-refractivity contribution in [3.8, 4) is 0 Å². The summed E-state index contributed by atoms with van der Waals surface area (Å²) in [6, 6.07) is 0.247. The van der Waals surface area contributed by atoms with Gasteiger partial charge >= 0.3 is 6.18 Å². The van der Waals surface area contributed by atoms with E-state index in [1.807, 2.05) is 0 Å². The number of likely N-dealkylation sites (tertiary alicyclic amines) is 1. The van der Waals surface area contributed by atoms with Crippen molar-refractivity contribution in [2.75, 3.05) is 13.1 Å². The molecule has 2 N–H and O–H groups in total. The first-order valence-corrected chi connectivity index (χ1v) is 6.53. The number of rotatable bonds is 1. The zero-order valence-corrected chi connectivity index (χ0v) is 10.0.